The number of nitrogens with one attached hydrogen (secondary N) is 2. The summed E-state index contributed by atoms with van der Waals surface area (Å²) in [5, 5.41) is 5.62. The smallest absolute Gasteiger partial charge is 0.259 e. The molecule has 1 aromatic heterocycles. The number of anilines is 1. The summed E-state index contributed by atoms with van der Waals surface area (Å²) in [5.74, 6) is -4.75. The van der Waals surface area contributed by atoms with Gasteiger partial charge in [0.25, 0.3) is 5.56 Å². The molecule has 1 heterocycles. The maximum absolute atomic E-state index is 13.8. The lowest BCUT2D eigenvalue weighted by atomic mass is 10.1. The number of rotatable bonds is 6. The molecule has 0 bridgehead atoms. The van der Waals surface area contributed by atoms with Crippen molar-refractivity contribution in [3.8, 4) is 0 Å². The molecule has 0 spiro atoms. The van der Waals surface area contributed by atoms with Gasteiger partial charge in [-0.05, 0) is 37.4 Å². The number of pyridine rings is 1. The van der Waals surface area contributed by atoms with Crippen LogP contribution in [0.1, 0.15) is 18.5 Å². The molecular weight excluding hydrogens is 411 g/mol. The minimum absolute atomic E-state index is 0.248. The summed E-state index contributed by atoms with van der Waals surface area (Å²) in [6.07, 6.45) is 2.10. The number of nitrogens with zero attached hydrogens (tertiary/aromatic N) is 1. The Morgan fingerprint density at radius 3 is 2.52 bits per heavy atom. The summed E-state index contributed by atoms with van der Waals surface area (Å²) in [6, 6.07) is 6.38. The van der Waals surface area contributed by atoms with Gasteiger partial charge in [-0.1, -0.05) is 12.6 Å². The molecule has 0 unspecified atom stereocenters. The average Bonchev–Trinajstić information content (AvgIpc) is 2.72. The maximum atomic E-state index is 13.8. The minimum atomic E-state index is -1.34. The quantitative estimate of drug-likeness (QED) is 0.590. The molecule has 0 saturated heterocycles. The predicted molar refractivity (Wildman–Crippen MR) is 110 cm³/mol. The van der Waals surface area contributed by atoms with Gasteiger partial charge in [-0.2, -0.15) is 0 Å². The standard InChI is InChI=1S/C22H18F3N3O3/c1-3-26-21(30)12(2)28-8-7-14-15(22(28)31)5-4-6-19(14)27-20(29)10-13-9-17(24)18(25)11-16(13)23/h3-9,11-12H,1,10H2,2H3,(H,26,30)(H,27,29)/t12-/m1/s1. The van der Waals surface area contributed by atoms with Crippen LogP contribution in [0.4, 0.5) is 18.9 Å². The lowest BCUT2D eigenvalue weighted by molar-refractivity contribution is -0.123. The predicted octanol–water partition coefficient (Wildman–Crippen LogP) is 3.42. The third-order valence-corrected chi connectivity index (χ3v) is 4.73. The van der Waals surface area contributed by atoms with Crippen molar-refractivity contribution in [2.75, 3.05) is 5.32 Å². The number of carbonyl (C=O) groups excluding carboxylic acids is 2. The third kappa shape index (κ3) is 4.50. The van der Waals surface area contributed by atoms with Crippen molar-refractivity contribution < 1.29 is 22.8 Å². The van der Waals surface area contributed by atoms with E-state index >= 15 is 0 Å². The zero-order valence-electron chi connectivity index (χ0n) is 16.4. The van der Waals surface area contributed by atoms with Gasteiger partial charge in [0.1, 0.15) is 11.9 Å². The Labute approximate surface area is 175 Å². The van der Waals surface area contributed by atoms with Crippen molar-refractivity contribution in [3.63, 3.8) is 0 Å². The molecule has 0 fully saturated rings. The molecule has 0 aliphatic rings. The van der Waals surface area contributed by atoms with Gasteiger partial charge in [0, 0.05) is 34.3 Å². The third-order valence-electron chi connectivity index (χ3n) is 4.73. The van der Waals surface area contributed by atoms with Crippen LogP contribution in [0, 0.1) is 17.5 Å². The zero-order chi connectivity index (χ0) is 22.7. The van der Waals surface area contributed by atoms with E-state index in [1.807, 2.05) is 0 Å². The Morgan fingerprint density at radius 2 is 1.81 bits per heavy atom. The number of hydrogen-bond acceptors (Lipinski definition) is 3. The van der Waals surface area contributed by atoms with Gasteiger partial charge in [0.2, 0.25) is 11.8 Å². The van der Waals surface area contributed by atoms with Crippen molar-refractivity contribution in [1.82, 2.24) is 9.88 Å². The first-order chi connectivity index (χ1) is 14.7. The van der Waals surface area contributed by atoms with Crippen LogP contribution >= 0.6 is 0 Å². The van der Waals surface area contributed by atoms with E-state index in [1.54, 1.807) is 19.1 Å². The molecule has 0 radical (unpaired) electrons. The lowest BCUT2D eigenvalue weighted by Crippen LogP contribution is -2.33. The highest BCUT2D eigenvalue weighted by molar-refractivity contribution is 6.02. The molecule has 0 saturated carbocycles. The summed E-state index contributed by atoms with van der Waals surface area (Å²) in [5.41, 5.74) is -0.481. The van der Waals surface area contributed by atoms with Gasteiger partial charge in [-0.15, -0.1) is 0 Å². The highest BCUT2D eigenvalue weighted by Crippen LogP contribution is 2.22. The molecule has 2 aromatic carbocycles. The van der Waals surface area contributed by atoms with E-state index in [1.165, 1.54) is 29.1 Å². The largest absolute Gasteiger partial charge is 0.331 e. The van der Waals surface area contributed by atoms with Crippen LogP contribution in [-0.2, 0) is 16.0 Å². The van der Waals surface area contributed by atoms with Crippen molar-refractivity contribution in [3.05, 3.63) is 88.7 Å². The van der Waals surface area contributed by atoms with Crippen molar-refractivity contribution in [2.45, 2.75) is 19.4 Å². The van der Waals surface area contributed by atoms with Crippen LogP contribution in [0.5, 0.6) is 0 Å². The van der Waals surface area contributed by atoms with E-state index in [2.05, 4.69) is 17.2 Å². The molecule has 2 N–H and O–H groups in total. The Hall–Kier alpha value is -3.88. The SMILES string of the molecule is C=CNC(=O)[C@@H](C)n1ccc2c(NC(=O)Cc3cc(F)c(F)cc3F)cccc2c1=O. The molecule has 31 heavy (non-hydrogen) atoms. The maximum Gasteiger partial charge on any atom is 0.259 e. The number of fused-ring (bicyclic) bond motifs is 1. The highest BCUT2D eigenvalue weighted by Gasteiger charge is 2.18. The second-order valence-electron chi connectivity index (χ2n) is 6.77. The van der Waals surface area contributed by atoms with E-state index in [0.29, 0.717) is 17.5 Å². The number of benzene rings is 2. The Morgan fingerprint density at radius 1 is 1.10 bits per heavy atom. The van der Waals surface area contributed by atoms with Crippen LogP contribution in [0.3, 0.4) is 0 Å². The normalized spacial score (nSPS) is 11.7. The summed E-state index contributed by atoms with van der Waals surface area (Å²) < 4.78 is 41.5. The highest BCUT2D eigenvalue weighted by atomic mass is 19.2. The fraction of sp³-hybridized carbons (Fsp3) is 0.136. The van der Waals surface area contributed by atoms with Crippen LogP contribution in [0.25, 0.3) is 10.8 Å². The summed E-state index contributed by atoms with van der Waals surface area (Å²) in [7, 11) is 0. The lowest BCUT2D eigenvalue weighted by Gasteiger charge is -2.15. The van der Waals surface area contributed by atoms with Crippen molar-refractivity contribution in [2.24, 2.45) is 0 Å². The first kappa shape index (κ1) is 21.8. The first-order valence-corrected chi connectivity index (χ1v) is 9.21. The first-order valence-electron chi connectivity index (χ1n) is 9.21. The number of halogens is 3. The van der Waals surface area contributed by atoms with Crippen LogP contribution in [-0.4, -0.2) is 16.4 Å². The monoisotopic (exact) mass is 429 g/mol. The van der Waals surface area contributed by atoms with Crippen molar-refractivity contribution in [1.29, 1.82) is 0 Å². The molecule has 0 aliphatic carbocycles. The van der Waals surface area contributed by atoms with E-state index in [0.717, 1.165) is 0 Å². The molecule has 9 heteroatoms. The molecule has 160 valence electrons. The minimum Gasteiger partial charge on any atom is -0.331 e. The summed E-state index contributed by atoms with van der Waals surface area (Å²) >= 11 is 0. The second-order valence-corrected chi connectivity index (χ2v) is 6.77. The fourth-order valence-electron chi connectivity index (χ4n) is 3.12. The van der Waals surface area contributed by atoms with Crippen molar-refractivity contribution >= 4 is 28.3 Å². The summed E-state index contributed by atoms with van der Waals surface area (Å²) in [4.78, 5) is 37.2. The number of hydrogen-bond donors (Lipinski definition) is 2. The number of aromatic nitrogens is 1. The molecule has 6 nitrogen and oxygen atoms in total. The zero-order valence-corrected chi connectivity index (χ0v) is 16.4. The Bertz CT molecular complexity index is 1250. The van der Waals surface area contributed by atoms with Gasteiger partial charge in [-0.3, -0.25) is 14.4 Å². The van der Waals surface area contributed by atoms with Crippen LogP contribution in [0.2, 0.25) is 0 Å². The topological polar surface area (TPSA) is 80.2 Å². The molecular formula is C22H18F3N3O3. The summed E-state index contributed by atoms with van der Waals surface area (Å²) in [6.45, 7) is 4.96. The Kier molecular flexibility index (Phi) is 6.24. The fourth-order valence-corrected chi connectivity index (χ4v) is 3.12. The molecule has 3 rings (SSSR count). The van der Waals surface area contributed by atoms with E-state index in [-0.39, 0.29) is 16.6 Å². The van der Waals surface area contributed by atoms with E-state index < -0.39 is 47.3 Å². The van der Waals surface area contributed by atoms with Gasteiger partial charge in [-0.25, -0.2) is 13.2 Å². The van der Waals surface area contributed by atoms with Gasteiger partial charge < -0.3 is 15.2 Å². The van der Waals surface area contributed by atoms with Crippen LogP contribution < -0.4 is 16.2 Å². The Balaban J connectivity index is 1.90. The van der Waals surface area contributed by atoms with Crippen LogP contribution in [0.15, 0.2) is 60.2 Å². The molecule has 1 atom stereocenters. The van der Waals surface area contributed by atoms with Gasteiger partial charge >= 0.3 is 0 Å². The average molecular weight is 429 g/mol. The molecule has 2 amide bonds. The molecule has 0 aliphatic heterocycles. The van der Waals surface area contributed by atoms with E-state index in [9.17, 15) is 27.6 Å². The van der Waals surface area contributed by atoms with Gasteiger partial charge in [0.15, 0.2) is 11.6 Å². The molecule has 3 aromatic rings. The second kappa shape index (κ2) is 8.86. The van der Waals surface area contributed by atoms with E-state index in [4.69, 9.17) is 0 Å². The number of amides is 2. The number of carbonyl (C=O) groups is 2. The van der Waals surface area contributed by atoms with Gasteiger partial charge in [0.05, 0.1) is 6.42 Å².